The van der Waals surface area contributed by atoms with Crippen LogP contribution in [0.3, 0.4) is 0 Å². The third-order valence-corrected chi connectivity index (χ3v) is 4.99. The van der Waals surface area contributed by atoms with E-state index in [1.54, 1.807) is 0 Å². The summed E-state index contributed by atoms with van der Waals surface area (Å²) in [5.41, 5.74) is 0.672. The van der Waals surface area contributed by atoms with Crippen LogP contribution in [-0.2, 0) is 16.6 Å². The lowest BCUT2D eigenvalue weighted by atomic mass is 9.98. The minimum absolute atomic E-state index is 0.0107. The number of nitrogens with zero attached hydrogens (tertiary/aromatic N) is 2. The number of aryl methyl sites for hydroxylation is 1. The van der Waals surface area contributed by atoms with Crippen LogP contribution in [0.1, 0.15) is 30.3 Å². The molecule has 0 bridgehead atoms. The molecule has 1 aliphatic rings. The molecule has 0 radical (unpaired) electrons. The van der Waals surface area contributed by atoms with E-state index in [4.69, 9.17) is 0 Å². The molecule has 1 aliphatic heterocycles. The predicted molar refractivity (Wildman–Crippen MR) is 89.3 cm³/mol. The molecule has 1 aromatic heterocycles. The summed E-state index contributed by atoms with van der Waals surface area (Å²) < 4.78 is 27.7. The zero-order valence-corrected chi connectivity index (χ0v) is 15.3. The molecule has 22 heavy (non-hydrogen) atoms. The lowest BCUT2D eigenvalue weighted by molar-refractivity contribution is 0.0665. The molecular formula is C14H22BrN3O3S. The summed E-state index contributed by atoms with van der Waals surface area (Å²) in [6.45, 7) is 4.44. The van der Waals surface area contributed by atoms with Crippen molar-refractivity contribution in [3.8, 4) is 0 Å². The molecule has 2 rings (SSSR count). The van der Waals surface area contributed by atoms with Gasteiger partial charge in [0.25, 0.3) is 5.91 Å². The Morgan fingerprint density at radius 3 is 2.86 bits per heavy atom. The molecule has 1 aromatic rings. The van der Waals surface area contributed by atoms with Gasteiger partial charge in [0.15, 0.2) is 0 Å². The SMILES string of the molecule is CCn1cc(Br)cc1C(=O)N1CCCC(CNS(C)(=O)=O)C1. The largest absolute Gasteiger partial charge is 0.343 e. The molecule has 1 N–H and O–H groups in total. The number of likely N-dealkylation sites (tertiary alicyclic amines) is 1. The van der Waals surface area contributed by atoms with E-state index in [9.17, 15) is 13.2 Å². The average molecular weight is 392 g/mol. The minimum Gasteiger partial charge on any atom is -0.343 e. The molecule has 0 aromatic carbocycles. The molecule has 124 valence electrons. The number of carbonyl (C=O) groups excluding carboxylic acids is 1. The number of hydrogen-bond donors (Lipinski definition) is 1. The highest BCUT2D eigenvalue weighted by molar-refractivity contribution is 9.10. The van der Waals surface area contributed by atoms with Crippen LogP contribution in [0, 0.1) is 5.92 Å². The van der Waals surface area contributed by atoms with Gasteiger partial charge in [-0.05, 0) is 47.7 Å². The summed E-state index contributed by atoms with van der Waals surface area (Å²) in [6.07, 6.45) is 4.89. The minimum atomic E-state index is -3.18. The van der Waals surface area contributed by atoms with E-state index in [1.807, 2.05) is 28.7 Å². The van der Waals surface area contributed by atoms with E-state index in [0.717, 1.165) is 36.7 Å². The molecule has 1 atom stereocenters. The monoisotopic (exact) mass is 391 g/mol. The first-order valence-electron chi connectivity index (χ1n) is 7.39. The Bertz CT molecular complexity index is 642. The van der Waals surface area contributed by atoms with Crippen LogP contribution >= 0.6 is 15.9 Å². The van der Waals surface area contributed by atoms with Gasteiger partial charge in [-0.1, -0.05) is 0 Å². The van der Waals surface area contributed by atoms with Crippen molar-refractivity contribution < 1.29 is 13.2 Å². The summed E-state index contributed by atoms with van der Waals surface area (Å²) >= 11 is 3.41. The maximum Gasteiger partial charge on any atom is 0.270 e. The zero-order valence-electron chi connectivity index (χ0n) is 12.9. The molecule has 0 saturated carbocycles. The summed E-state index contributed by atoms with van der Waals surface area (Å²) in [6, 6.07) is 1.84. The number of sulfonamides is 1. The van der Waals surface area contributed by atoms with Gasteiger partial charge in [-0.15, -0.1) is 0 Å². The highest BCUT2D eigenvalue weighted by Crippen LogP contribution is 2.21. The Labute approximate surface area is 140 Å². The standard InChI is InChI=1S/C14H22BrN3O3S/c1-3-17-10-12(15)7-13(17)14(19)18-6-4-5-11(9-18)8-16-22(2,20)21/h7,10-11,16H,3-6,8-9H2,1-2H3. The number of amides is 1. The highest BCUT2D eigenvalue weighted by atomic mass is 79.9. The summed E-state index contributed by atoms with van der Waals surface area (Å²) in [5.74, 6) is 0.178. The van der Waals surface area contributed by atoms with Crippen LogP contribution in [0.2, 0.25) is 0 Å². The van der Waals surface area contributed by atoms with Gasteiger partial charge < -0.3 is 9.47 Å². The summed E-state index contributed by atoms with van der Waals surface area (Å²) in [5, 5.41) is 0. The van der Waals surface area contributed by atoms with Gasteiger partial charge in [0.05, 0.1) is 6.26 Å². The van der Waals surface area contributed by atoms with Crippen molar-refractivity contribution in [2.24, 2.45) is 5.92 Å². The maximum atomic E-state index is 12.7. The first kappa shape index (κ1) is 17.5. The fourth-order valence-electron chi connectivity index (χ4n) is 2.76. The second kappa shape index (κ2) is 7.14. The normalized spacial score (nSPS) is 19.4. The van der Waals surface area contributed by atoms with Crippen LogP contribution in [-0.4, -0.2) is 49.7 Å². The van der Waals surface area contributed by atoms with Gasteiger partial charge in [-0.2, -0.15) is 0 Å². The van der Waals surface area contributed by atoms with E-state index in [-0.39, 0.29) is 11.8 Å². The number of hydrogen-bond acceptors (Lipinski definition) is 3. The molecule has 2 heterocycles. The predicted octanol–water partition coefficient (Wildman–Crippen LogP) is 1.67. The quantitative estimate of drug-likeness (QED) is 0.829. The fraction of sp³-hybridized carbons (Fsp3) is 0.643. The number of aromatic nitrogens is 1. The van der Waals surface area contributed by atoms with Crippen LogP contribution in [0.4, 0.5) is 0 Å². The number of halogens is 1. The molecule has 8 heteroatoms. The Hall–Kier alpha value is -0.860. The van der Waals surface area contributed by atoms with Crippen LogP contribution in [0.25, 0.3) is 0 Å². The van der Waals surface area contributed by atoms with Gasteiger partial charge in [-0.25, -0.2) is 13.1 Å². The van der Waals surface area contributed by atoms with Gasteiger partial charge >= 0.3 is 0 Å². The van der Waals surface area contributed by atoms with Crippen molar-refractivity contribution >= 4 is 31.9 Å². The van der Waals surface area contributed by atoms with E-state index in [1.165, 1.54) is 0 Å². The van der Waals surface area contributed by atoms with Crippen molar-refractivity contribution in [1.82, 2.24) is 14.2 Å². The Morgan fingerprint density at radius 2 is 2.23 bits per heavy atom. The topological polar surface area (TPSA) is 71.4 Å². The average Bonchev–Trinajstić information content (AvgIpc) is 2.85. The molecule has 1 unspecified atom stereocenters. The Morgan fingerprint density at radius 1 is 1.50 bits per heavy atom. The van der Waals surface area contributed by atoms with Gasteiger partial charge in [0, 0.05) is 36.8 Å². The zero-order chi connectivity index (χ0) is 16.3. The van der Waals surface area contributed by atoms with Crippen LogP contribution in [0.5, 0.6) is 0 Å². The van der Waals surface area contributed by atoms with Gasteiger partial charge in [0.1, 0.15) is 5.69 Å². The van der Waals surface area contributed by atoms with Crippen molar-refractivity contribution in [3.05, 3.63) is 22.4 Å². The van der Waals surface area contributed by atoms with E-state index < -0.39 is 10.0 Å². The van der Waals surface area contributed by atoms with E-state index in [0.29, 0.717) is 18.8 Å². The van der Waals surface area contributed by atoms with E-state index >= 15 is 0 Å². The molecule has 1 saturated heterocycles. The second-order valence-corrected chi connectivity index (χ2v) is 8.46. The molecule has 0 aliphatic carbocycles. The third-order valence-electron chi connectivity index (χ3n) is 3.86. The first-order chi connectivity index (χ1) is 10.3. The molecule has 1 fully saturated rings. The van der Waals surface area contributed by atoms with Gasteiger partial charge in [-0.3, -0.25) is 4.79 Å². The van der Waals surface area contributed by atoms with Crippen LogP contribution in [0.15, 0.2) is 16.7 Å². The van der Waals surface area contributed by atoms with Crippen molar-refractivity contribution in [3.63, 3.8) is 0 Å². The number of piperidine rings is 1. The number of rotatable bonds is 5. The van der Waals surface area contributed by atoms with Crippen molar-refractivity contribution in [1.29, 1.82) is 0 Å². The Kier molecular flexibility index (Phi) is 5.68. The molecule has 1 amide bonds. The van der Waals surface area contributed by atoms with Crippen LogP contribution < -0.4 is 4.72 Å². The van der Waals surface area contributed by atoms with E-state index in [2.05, 4.69) is 20.7 Å². The number of nitrogens with one attached hydrogen (secondary N) is 1. The smallest absolute Gasteiger partial charge is 0.270 e. The molecule has 6 nitrogen and oxygen atoms in total. The van der Waals surface area contributed by atoms with Crippen molar-refractivity contribution in [2.75, 3.05) is 25.9 Å². The third kappa shape index (κ3) is 4.57. The lowest BCUT2D eigenvalue weighted by Gasteiger charge is -2.33. The van der Waals surface area contributed by atoms with Crippen molar-refractivity contribution in [2.45, 2.75) is 26.3 Å². The lowest BCUT2D eigenvalue weighted by Crippen LogP contribution is -2.44. The first-order valence-corrected chi connectivity index (χ1v) is 10.1. The molecule has 0 spiro atoms. The summed E-state index contributed by atoms with van der Waals surface area (Å²) in [4.78, 5) is 14.5. The molecular weight excluding hydrogens is 370 g/mol. The fourth-order valence-corrected chi connectivity index (χ4v) is 3.77. The number of carbonyl (C=O) groups is 1. The van der Waals surface area contributed by atoms with Gasteiger partial charge in [0.2, 0.25) is 10.0 Å². The Balaban J connectivity index is 2.03. The highest BCUT2D eigenvalue weighted by Gasteiger charge is 2.26. The second-order valence-electron chi connectivity index (χ2n) is 5.71. The summed E-state index contributed by atoms with van der Waals surface area (Å²) in [7, 11) is -3.18. The maximum absolute atomic E-state index is 12.7.